The maximum absolute atomic E-state index is 13.4. The van der Waals surface area contributed by atoms with Gasteiger partial charge in [0.15, 0.2) is 8.32 Å². The molecule has 0 bridgehead atoms. The van der Waals surface area contributed by atoms with E-state index in [2.05, 4.69) is 39.2 Å². The van der Waals surface area contributed by atoms with Gasteiger partial charge in [-0.05, 0) is 60.4 Å². The monoisotopic (exact) mass is 530 g/mol. The summed E-state index contributed by atoms with van der Waals surface area (Å²) in [5, 5.41) is 3.62. The maximum Gasteiger partial charge on any atom is 0.261 e. The van der Waals surface area contributed by atoms with E-state index >= 15 is 0 Å². The minimum atomic E-state index is -1.78. The Labute approximate surface area is 217 Å². The molecule has 1 amide bonds. The molecule has 0 saturated carbocycles. The zero-order valence-electron chi connectivity index (χ0n) is 21.8. The fraction of sp³-hybridized carbons (Fsp3) is 0.407. The molecule has 36 heavy (non-hydrogen) atoms. The van der Waals surface area contributed by atoms with Crippen molar-refractivity contribution in [2.75, 3.05) is 13.2 Å². The third-order valence-corrected chi connectivity index (χ3v) is 12.2. The topological polar surface area (TPSA) is 69.6 Å². The number of rotatable bonds is 10. The predicted octanol–water partition coefficient (Wildman–Crippen LogP) is 6.07. The summed E-state index contributed by atoms with van der Waals surface area (Å²) in [6, 6.07) is 11.1. The third-order valence-electron chi connectivity index (χ3n) is 6.41. The number of nitrogens with zero attached hydrogens (tertiary/aromatic N) is 1. The summed E-state index contributed by atoms with van der Waals surface area (Å²) in [4.78, 5) is 25.9. The molecule has 0 aliphatic heterocycles. The van der Waals surface area contributed by atoms with Crippen LogP contribution in [0.1, 0.15) is 48.0 Å². The highest BCUT2D eigenvalue weighted by molar-refractivity contribution is 7.16. The third kappa shape index (κ3) is 7.15. The van der Waals surface area contributed by atoms with Crippen LogP contribution in [-0.2, 0) is 11.0 Å². The van der Waals surface area contributed by atoms with Gasteiger partial charge in [-0.25, -0.2) is 4.39 Å². The molecule has 0 unspecified atom stereocenters. The van der Waals surface area contributed by atoms with Gasteiger partial charge >= 0.3 is 0 Å². The summed E-state index contributed by atoms with van der Waals surface area (Å²) >= 11 is 1.23. The number of hydrogen-bond acceptors (Lipinski definition) is 5. The average Bonchev–Trinajstić information content (AvgIpc) is 3.18. The number of halogens is 1. The Hall–Kier alpha value is -2.75. The molecule has 3 rings (SSSR count). The highest BCUT2D eigenvalue weighted by atomic mass is 32.1. The number of ether oxygens (including phenoxy) is 1. The van der Waals surface area contributed by atoms with Crippen LogP contribution in [0, 0.1) is 12.7 Å². The highest BCUT2D eigenvalue weighted by Gasteiger charge is 2.36. The van der Waals surface area contributed by atoms with E-state index in [1.165, 1.54) is 34.1 Å². The first kappa shape index (κ1) is 27.8. The number of benzene rings is 1. The van der Waals surface area contributed by atoms with E-state index in [1.54, 1.807) is 24.4 Å². The Morgan fingerprint density at radius 1 is 1.14 bits per heavy atom. The number of hydrogen-bond donors (Lipinski definition) is 1. The summed E-state index contributed by atoms with van der Waals surface area (Å²) in [7, 11) is -1.78. The van der Waals surface area contributed by atoms with Crippen molar-refractivity contribution in [2.24, 2.45) is 0 Å². The summed E-state index contributed by atoms with van der Waals surface area (Å²) in [5.74, 6) is -0.103. The van der Waals surface area contributed by atoms with E-state index in [0.29, 0.717) is 34.4 Å². The van der Waals surface area contributed by atoms with E-state index < -0.39 is 8.32 Å². The molecule has 9 heteroatoms. The van der Waals surface area contributed by atoms with Crippen molar-refractivity contribution in [1.29, 1.82) is 0 Å². The average molecular weight is 531 g/mol. The minimum absolute atomic E-state index is 0.167. The summed E-state index contributed by atoms with van der Waals surface area (Å²) in [6.07, 6.45) is 2.40. The molecule has 2 heterocycles. The molecule has 0 fully saturated rings. The standard InChI is InChI=1S/C27H35FN2O4SSi/c1-19-15-24(35-25(19)26(32)29-18-20-9-7-10-21(28)16-20)30-12-11-22(17-23(30)31)33-13-8-14-34-36(5,6)27(2,3)4/h7,9-12,15-17H,8,13-14,18H2,1-6H3,(H,29,32). The zero-order valence-corrected chi connectivity index (χ0v) is 23.6. The van der Waals surface area contributed by atoms with E-state index in [1.807, 2.05) is 13.0 Å². The lowest BCUT2D eigenvalue weighted by atomic mass is 10.2. The Morgan fingerprint density at radius 3 is 2.56 bits per heavy atom. The number of carbonyl (C=O) groups is 1. The van der Waals surface area contributed by atoms with Crippen LogP contribution >= 0.6 is 11.3 Å². The summed E-state index contributed by atoms with van der Waals surface area (Å²) < 4.78 is 26.8. The number of carbonyl (C=O) groups excluding carboxylic acids is 1. The zero-order chi connectivity index (χ0) is 26.5. The van der Waals surface area contributed by atoms with Crippen LogP contribution < -0.4 is 15.6 Å². The van der Waals surface area contributed by atoms with Crippen molar-refractivity contribution in [3.8, 4) is 10.8 Å². The van der Waals surface area contributed by atoms with Crippen LogP contribution in [0.15, 0.2) is 53.5 Å². The van der Waals surface area contributed by atoms with Crippen LogP contribution in [0.2, 0.25) is 18.1 Å². The largest absolute Gasteiger partial charge is 0.493 e. The van der Waals surface area contributed by atoms with E-state index in [0.717, 1.165) is 12.0 Å². The molecular formula is C27H35FN2O4SSi. The summed E-state index contributed by atoms with van der Waals surface area (Å²) in [6.45, 7) is 14.2. The molecule has 6 nitrogen and oxygen atoms in total. The number of aromatic nitrogens is 1. The Morgan fingerprint density at radius 2 is 1.89 bits per heavy atom. The number of thiophene rings is 1. The molecule has 0 aliphatic rings. The number of amides is 1. The molecular weight excluding hydrogens is 495 g/mol. The Kier molecular flexibility index (Phi) is 8.92. The Bertz CT molecular complexity index is 1260. The molecule has 3 aromatic rings. The van der Waals surface area contributed by atoms with Gasteiger partial charge in [0.05, 0.1) is 11.5 Å². The van der Waals surface area contributed by atoms with Crippen LogP contribution in [-0.4, -0.2) is 32.0 Å². The van der Waals surface area contributed by atoms with Gasteiger partial charge in [-0.1, -0.05) is 32.9 Å². The van der Waals surface area contributed by atoms with Gasteiger partial charge in [-0.2, -0.15) is 0 Å². The fourth-order valence-corrected chi connectivity index (χ4v) is 5.41. The van der Waals surface area contributed by atoms with Crippen molar-refractivity contribution in [3.05, 3.63) is 80.8 Å². The van der Waals surface area contributed by atoms with E-state index in [4.69, 9.17) is 9.16 Å². The first-order valence-corrected chi connectivity index (χ1v) is 15.7. The number of aryl methyl sites for hydroxylation is 1. The second kappa shape index (κ2) is 11.5. The Balaban J connectivity index is 1.57. The molecule has 1 aromatic carbocycles. The van der Waals surface area contributed by atoms with Crippen LogP contribution in [0.3, 0.4) is 0 Å². The minimum Gasteiger partial charge on any atom is -0.493 e. The predicted molar refractivity (Wildman–Crippen MR) is 145 cm³/mol. The first-order chi connectivity index (χ1) is 16.9. The molecule has 2 aromatic heterocycles. The molecule has 0 atom stereocenters. The maximum atomic E-state index is 13.4. The molecule has 1 N–H and O–H groups in total. The fourth-order valence-electron chi connectivity index (χ4n) is 3.24. The first-order valence-electron chi connectivity index (χ1n) is 12.0. The van der Waals surface area contributed by atoms with Crippen LogP contribution in [0.25, 0.3) is 5.00 Å². The van der Waals surface area contributed by atoms with Gasteiger partial charge in [0.1, 0.15) is 16.6 Å². The van der Waals surface area contributed by atoms with Crippen LogP contribution in [0.5, 0.6) is 5.75 Å². The normalized spacial score (nSPS) is 12.0. The lowest BCUT2D eigenvalue weighted by Crippen LogP contribution is -2.41. The van der Waals surface area contributed by atoms with Crippen LogP contribution in [0.4, 0.5) is 4.39 Å². The SMILES string of the molecule is Cc1cc(-n2ccc(OCCCO[Si](C)(C)C(C)(C)C)cc2=O)sc1C(=O)NCc1cccc(F)c1. The van der Waals surface area contributed by atoms with E-state index in [-0.39, 0.29) is 28.9 Å². The van der Waals surface area contributed by atoms with Gasteiger partial charge in [-0.3, -0.25) is 14.2 Å². The number of pyridine rings is 1. The number of nitrogens with one attached hydrogen (secondary N) is 1. The lowest BCUT2D eigenvalue weighted by Gasteiger charge is -2.36. The van der Waals surface area contributed by atoms with Gasteiger partial charge in [0, 0.05) is 31.8 Å². The second-order valence-corrected chi connectivity index (χ2v) is 16.1. The van der Waals surface area contributed by atoms with Crippen molar-refractivity contribution in [2.45, 2.75) is 58.8 Å². The lowest BCUT2D eigenvalue weighted by molar-refractivity contribution is 0.0954. The molecule has 0 saturated heterocycles. The molecule has 0 radical (unpaired) electrons. The molecule has 194 valence electrons. The van der Waals surface area contributed by atoms with Crippen molar-refractivity contribution in [3.63, 3.8) is 0 Å². The molecule has 0 aliphatic carbocycles. The van der Waals surface area contributed by atoms with Gasteiger partial charge < -0.3 is 14.5 Å². The quantitative estimate of drug-likeness (QED) is 0.255. The van der Waals surface area contributed by atoms with Crippen molar-refractivity contribution < 1.29 is 18.3 Å². The highest BCUT2D eigenvalue weighted by Crippen LogP contribution is 2.36. The van der Waals surface area contributed by atoms with E-state index in [9.17, 15) is 14.0 Å². The van der Waals surface area contributed by atoms with Gasteiger partial charge in [0.2, 0.25) is 0 Å². The van der Waals surface area contributed by atoms with Gasteiger partial charge in [-0.15, -0.1) is 11.3 Å². The second-order valence-electron chi connectivity index (χ2n) is 10.3. The smallest absolute Gasteiger partial charge is 0.261 e. The van der Waals surface area contributed by atoms with Gasteiger partial charge in [0.25, 0.3) is 11.5 Å². The van der Waals surface area contributed by atoms with Crippen molar-refractivity contribution >= 4 is 25.6 Å². The summed E-state index contributed by atoms with van der Waals surface area (Å²) in [5.41, 5.74) is 1.20. The van der Waals surface area contributed by atoms with Crippen molar-refractivity contribution in [1.82, 2.24) is 9.88 Å². The molecule has 0 spiro atoms.